The lowest BCUT2D eigenvalue weighted by atomic mass is 10.2. The molecule has 0 bridgehead atoms. The summed E-state index contributed by atoms with van der Waals surface area (Å²) in [5.41, 5.74) is 3.20. The molecule has 0 amide bonds. The van der Waals surface area contributed by atoms with E-state index in [1.807, 2.05) is 25.5 Å². The van der Waals surface area contributed by atoms with Gasteiger partial charge in [0.25, 0.3) is 0 Å². The Bertz CT molecular complexity index is 581. The number of aryl methyl sites for hydroxylation is 1. The number of rotatable bonds is 7. The summed E-state index contributed by atoms with van der Waals surface area (Å²) >= 11 is 0. The van der Waals surface area contributed by atoms with Crippen LogP contribution in [0.25, 0.3) is 0 Å². The molecule has 0 radical (unpaired) electrons. The minimum Gasteiger partial charge on any atom is -0.380 e. The first-order valence-electron chi connectivity index (χ1n) is 7.48. The summed E-state index contributed by atoms with van der Waals surface area (Å²) in [6.45, 7) is 8.95. The van der Waals surface area contributed by atoms with E-state index < -0.39 is 9.84 Å². The Morgan fingerprint density at radius 2 is 2.19 bits per heavy atom. The highest BCUT2D eigenvalue weighted by atomic mass is 32.2. The predicted octanol–water partition coefficient (Wildman–Crippen LogP) is 0.986. The molecule has 0 aliphatic carbocycles. The van der Waals surface area contributed by atoms with Crippen LogP contribution in [0.2, 0.25) is 0 Å². The van der Waals surface area contributed by atoms with E-state index in [1.165, 1.54) is 0 Å². The van der Waals surface area contributed by atoms with E-state index in [4.69, 9.17) is 4.74 Å². The first-order chi connectivity index (χ1) is 9.94. The molecule has 1 saturated heterocycles. The van der Waals surface area contributed by atoms with Gasteiger partial charge in [-0.25, -0.2) is 8.42 Å². The van der Waals surface area contributed by atoms with Gasteiger partial charge >= 0.3 is 0 Å². The zero-order chi connectivity index (χ0) is 15.5. The van der Waals surface area contributed by atoms with E-state index in [0.29, 0.717) is 13.0 Å². The number of hydrogen-bond donors (Lipinski definition) is 1. The lowest BCUT2D eigenvalue weighted by Crippen LogP contribution is -2.20. The molecule has 0 spiro atoms. The minimum atomic E-state index is -2.88. The topological polar surface area (TPSA) is 73.2 Å². The van der Waals surface area contributed by atoms with Crippen molar-refractivity contribution in [3.05, 3.63) is 17.0 Å². The maximum absolute atomic E-state index is 11.6. The number of hydrogen-bond acceptors (Lipinski definition) is 5. The van der Waals surface area contributed by atoms with E-state index in [9.17, 15) is 8.42 Å². The second-order valence-electron chi connectivity index (χ2n) is 5.52. The third-order valence-electron chi connectivity index (χ3n) is 3.96. The van der Waals surface area contributed by atoms with Gasteiger partial charge in [0.1, 0.15) is 0 Å². The molecule has 1 aromatic rings. The zero-order valence-electron chi connectivity index (χ0n) is 13.1. The van der Waals surface area contributed by atoms with Crippen molar-refractivity contribution in [1.29, 1.82) is 0 Å². The van der Waals surface area contributed by atoms with Crippen molar-refractivity contribution in [1.82, 2.24) is 15.1 Å². The number of ether oxygens (including phenoxy) is 1. The molecule has 1 aliphatic heterocycles. The van der Waals surface area contributed by atoms with Crippen LogP contribution >= 0.6 is 0 Å². The van der Waals surface area contributed by atoms with Crippen molar-refractivity contribution in [2.24, 2.45) is 0 Å². The molecule has 21 heavy (non-hydrogen) atoms. The Balaban J connectivity index is 2.01. The lowest BCUT2D eigenvalue weighted by molar-refractivity contribution is 0.149. The normalized spacial score (nSPS) is 21.0. The van der Waals surface area contributed by atoms with Gasteiger partial charge in [-0.2, -0.15) is 5.10 Å². The SMILES string of the molecule is CCOCCNCc1c(C)nn(C2CCS(=O)(=O)C2)c1C. The van der Waals surface area contributed by atoms with Gasteiger partial charge in [-0.15, -0.1) is 0 Å². The third-order valence-corrected chi connectivity index (χ3v) is 5.71. The fraction of sp³-hybridized carbons (Fsp3) is 0.786. The average molecular weight is 315 g/mol. The van der Waals surface area contributed by atoms with Crippen LogP contribution in [0.3, 0.4) is 0 Å². The van der Waals surface area contributed by atoms with E-state index in [1.54, 1.807) is 0 Å². The van der Waals surface area contributed by atoms with Gasteiger partial charge in [-0.3, -0.25) is 4.68 Å². The van der Waals surface area contributed by atoms with Gasteiger partial charge < -0.3 is 10.1 Å². The van der Waals surface area contributed by atoms with Crippen LogP contribution in [0.5, 0.6) is 0 Å². The molecular formula is C14H25N3O3S. The Morgan fingerprint density at radius 3 is 2.81 bits per heavy atom. The second kappa shape index (κ2) is 6.89. The van der Waals surface area contributed by atoms with Crippen molar-refractivity contribution in [2.45, 2.75) is 39.8 Å². The molecule has 1 atom stereocenters. The smallest absolute Gasteiger partial charge is 0.152 e. The molecule has 120 valence electrons. The van der Waals surface area contributed by atoms with Crippen LogP contribution < -0.4 is 5.32 Å². The van der Waals surface area contributed by atoms with Gasteiger partial charge in [-0.1, -0.05) is 0 Å². The highest BCUT2D eigenvalue weighted by molar-refractivity contribution is 7.91. The molecule has 2 heterocycles. The molecule has 2 rings (SSSR count). The highest BCUT2D eigenvalue weighted by Crippen LogP contribution is 2.26. The summed E-state index contributed by atoms with van der Waals surface area (Å²) in [5.74, 6) is 0.490. The van der Waals surface area contributed by atoms with Crippen LogP contribution in [0.4, 0.5) is 0 Å². The zero-order valence-corrected chi connectivity index (χ0v) is 13.9. The maximum atomic E-state index is 11.6. The van der Waals surface area contributed by atoms with E-state index in [0.717, 1.165) is 36.6 Å². The van der Waals surface area contributed by atoms with Gasteiger partial charge in [-0.05, 0) is 27.2 Å². The second-order valence-corrected chi connectivity index (χ2v) is 7.75. The van der Waals surface area contributed by atoms with Crippen LogP contribution in [0, 0.1) is 13.8 Å². The Labute approximate surface area is 126 Å². The molecule has 0 saturated carbocycles. The van der Waals surface area contributed by atoms with Crippen LogP contribution in [-0.4, -0.2) is 49.5 Å². The van der Waals surface area contributed by atoms with Crippen LogP contribution in [0.15, 0.2) is 0 Å². The van der Waals surface area contributed by atoms with Crippen molar-refractivity contribution in [3.8, 4) is 0 Å². The molecule has 1 aromatic heterocycles. The quantitative estimate of drug-likeness (QED) is 0.760. The Morgan fingerprint density at radius 1 is 1.43 bits per heavy atom. The third kappa shape index (κ3) is 4.05. The molecule has 1 unspecified atom stereocenters. The average Bonchev–Trinajstić information content (AvgIpc) is 2.91. The molecule has 1 aliphatic rings. The lowest BCUT2D eigenvalue weighted by Gasteiger charge is -2.11. The number of aromatic nitrogens is 2. The Hall–Kier alpha value is -0.920. The van der Waals surface area contributed by atoms with Crippen molar-refractivity contribution in [2.75, 3.05) is 31.3 Å². The molecule has 0 aromatic carbocycles. The molecule has 7 heteroatoms. The summed E-state index contributed by atoms with van der Waals surface area (Å²) in [5, 5.41) is 7.90. The van der Waals surface area contributed by atoms with Crippen molar-refractivity contribution >= 4 is 9.84 Å². The summed E-state index contributed by atoms with van der Waals surface area (Å²) in [7, 11) is -2.88. The number of nitrogens with zero attached hydrogens (tertiary/aromatic N) is 2. The first-order valence-corrected chi connectivity index (χ1v) is 9.30. The summed E-state index contributed by atoms with van der Waals surface area (Å²) in [6, 6.07) is -0.00845. The van der Waals surface area contributed by atoms with E-state index in [2.05, 4.69) is 10.4 Å². The largest absolute Gasteiger partial charge is 0.380 e. The molecular weight excluding hydrogens is 290 g/mol. The van der Waals surface area contributed by atoms with Gasteiger partial charge in [0.05, 0.1) is 29.8 Å². The van der Waals surface area contributed by atoms with Gasteiger partial charge in [0.15, 0.2) is 9.84 Å². The van der Waals surface area contributed by atoms with E-state index in [-0.39, 0.29) is 17.5 Å². The molecule has 6 nitrogen and oxygen atoms in total. The predicted molar refractivity (Wildman–Crippen MR) is 82.2 cm³/mol. The monoisotopic (exact) mass is 315 g/mol. The van der Waals surface area contributed by atoms with E-state index >= 15 is 0 Å². The van der Waals surface area contributed by atoms with Crippen LogP contribution in [0.1, 0.15) is 36.3 Å². The van der Waals surface area contributed by atoms with Crippen molar-refractivity contribution < 1.29 is 13.2 Å². The fourth-order valence-corrected chi connectivity index (χ4v) is 4.47. The first kappa shape index (κ1) is 16.5. The molecule has 1 N–H and O–H groups in total. The number of nitrogens with one attached hydrogen (secondary N) is 1. The summed E-state index contributed by atoms with van der Waals surface area (Å²) < 4.78 is 30.4. The summed E-state index contributed by atoms with van der Waals surface area (Å²) in [6.07, 6.45) is 0.668. The fourth-order valence-electron chi connectivity index (χ4n) is 2.78. The van der Waals surface area contributed by atoms with Crippen molar-refractivity contribution in [3.63, 3.8) is 0 Å². The highest BCUT2D eigenvalue weighted by Gasteiger charge is 2.31. The van der Waals surface area contributed by atoms with Gasteiger partial charge in [0, 0.05) is 31.0 Å². The molecule has 1 fully saturated rings. The van der Waals surface area contributed by atoms with Gasteiger partial charge in [0.2, 0.25) is 0 Å². The summed E-state index contributed by atoms with van der Waals surface area (Å²) in [4.78, 5) is 0. The maximum Gasteiger partial charge on any atom is 0.152 e. The standard InChI is InChI=1S/C14H25N3O3S/c1-4-20-7-6-15-9-14-11(2)16-17(12(14)3)13-5-8-21(18,19)10-13/h13,15H,4-10H2,1-3H3. The van der Waals surface area contributed by atoms with Crippen LogP contribution in [-0.2, 0) is 21.1 Å². The number of sulfone groups is 1. The minimum absolute atomic E-state index is 0.00845. The Kier molecular flexibility index (Phi) is 5.40.